The number of carbonyl (C=O) groups excluding carboxylic acids is 1. The van der Waals surface area contributed by atoms with E-state index >= 15 is 0 Å². The van der Waals surface area contributed by atoms with Gasteiger partial charge < -0.3 is 10.6 Å². The monoisotopic (exact) mass is 330 g/mol. The van der Waals surface area contributed by atoms with Gasteiger partial charge in [0.2, 0.25) is 5.91 Å². The fourth-order valence-corrected chi connectivity index (χ4v) is 2.61. The fraction of sp³-hybridized carbons (Fsp3) is 0.136. The highest BCUT2D eigenvalue weighted by Gasteiger charge is 2.07. The predicted octanol–water partition coefficient (Wildman–Crippen LogP) is 5.31. The molecular formula is C22H22N2O. The molecule has 25 heavy (non-hydrogen) atoms. The minimum atomic E-state index is 0.0157. The summed E-state index contributed by atoms with van der Waals surface area (Å²) in [5, 5.41) is 6.38. The maximum Gasteiger partial charge on any atom is 0.224 e. The molecular weight excluding hydrogens is 308 g/mol. The average molecular weight is 330 g/mol. The molecule has 0 aliphatic heterocycles. The van der Waals surface area contributed by atoms with Crippen molar-refractivity contribution in [3.05, 3.63) is 90.0 Å². The van der Waals surface area contributed by atoms with Crippen molar-refractivity contribution in [2.75, 3.05) is 10.6 Å². The van der Waals surface area contributed by atoms with Crippen LogP contribution in [0.5, 0.6) is 0 Å². The molecule has 3 aromatic rings. The molecule has 126 valence electrons. The molecule has 0 spiro atoms. The van der Waals surface area contributed by atoms with Crippen LogP contribution in [0.3, 0.4) is 0 Å². The summed E-state index contributed by atoms with van der Waals surface area (Å²) in [6, 6.07) is 26.0. The maximum absolute atomic E-state index is 12.3. The summed E-state index contributed by atoms with van der Waals surface area (Å²) in [5.74, 6) is 0.0157. The minimum Gasteiger partial charge on any atom is -0.354 e. The van der Waals surface area contributed by atoms with Gasteiger partial charge in [0.05, 0.1) is 11.4 Å². The lowest BCUT2D eigenvalue weighted by atomic mass is 10.1. The van der Waals surface area contributed by atoms with Gasteiger partial charge in [0, 0.05) is 12.1 Å². The second kappa shape index (κ2) is 8.15. The van der Waals surface area contributed by atoms with Gasteiger partial charge in [0.1, 0.15) is 0 Å². The van der Waals surface area contributed by atoms with E-state index in [0.717, 1.165) is 23.5 Å². The molecule has 0 aliphatic carbocycles. The third-order valence-corrected chi connectivity index (χ3v) is 4.02. The number of rotatable bonds is 6. The van der Waals surface area contributed by atoms with Crippen LogP contribution in [0.1, 0.15) is 17.5 Å². The summed E-state index contributed by atoms with van der Waals surface area (Å²) in [6.45, 7) is 2.06. The Morgan fingerprint density at radius 1 is 0.800 bits per heavy atom. The summed E-state index contributed by atoms with van der Waals surface area (Å²) in [6.07, 6.45) is 1.20. The van der Waals surface area contributed by atoms with Crippen LogP contribution < -0.4 is 10.6 Å². The maximum atomic E-state index is 12.3. The largest absolute Gasteiger partial charge is 0.354 e. The SMILES string of the molecule is Cc1ccc(Nc2ccccc2NC(=O)CCc2ccccc2)cc1. The molecule has 0 saturated heterocycles. The first-order chi connectivity index (χ1) is 12.2. The second-order valence-electron chi connectivity index (χ2n) is 6.07. The molecule has 1 amide bonds. The van der Waals surface area contributed by atoms with Gasteiger partial charge >= 0.3 is 0 Å². The van der Waals surface area contributed by atoms with Crippen LogP contribution in [0.4, 0.5) is 17.1 Å². The summed E-state index contributed by atoms with van der Waals surface area (Å²) in [4.78, 5) is 12.3. The highest BCUT2D eigenvalue weighted by atomic mass is 16.1. The van der Waals surface area contributed by atoms with Crippen LogP contribution in [0.25, 0.3) is 0 Å². The molecule has 0 aromatic heterocycles. The van der Waals surface area contributed by atoms with Crippen molar-refractivity contribution in [3.8, 4) is 0 Å². The Bertz CT molecular complexity index is 826. The zero-order valence-electron chi connectivity index (χ0n) is 14.3. The average Bonchev–Trinajstić information content (AvgIpc) is 2.64. The smallest absolute Gasteiger partial charge is 0.224 e. The summed E-state index contributed by atoms with van der Waals surface area (Å²) >= 11 is 0. The van der Waals surface area contributed by atoms with E-state index in [1.165, 1.54) is 11.1 Å². The Morgan fingerprint density at radius 3 is 2.16 bits per heavy atom. The quantitative estimate of drug-likeness (QED) is 0.643. The molecule has 0 fully saturated rings. The number of anilines is 3. The second-order valence-corrected chi connectivity index (χ2v) is 6.07. The third-order valence-electron chi connectivity index (χ3n) is 4.02. The van der Waals surface area contributed by atoms with E-state index in [9.17, 15) is 4.79 Å². The number of para-hydroxylation sites is 2. The summed E-state index contributed by atoms with van der Waals surface area (Å²) in [5.41, 5.74) is 5.06. The van der Waals surface area contributed by atoms with Gasteiger partial charge in [-0.1, -0.05) is 60.2 Å². The number of amides is 1. The Hall–Kier alpha value is -3.07. The van der Waals surface area contributed by atoms with Crippen molar-refractivity contribution in [3.63, 3.8) is 0 Å². The van der Waals surface area contributed by atoms with Crippen LogP contribution >= 0.6 is 0 Å². The van der Waals surface area contributed by atoms with Gasteiger partial charge in [-0.2, -0.15) is 0 Å². The molecule has 2 N–H and O–H groups in total. The van der Waals surface area contributed by atoms with Crippen molar-refractivity contribution in [1.82, 2.24) is 0 Å². The molecule has 3 aromatic carbocycles. The number of aryl methyl sites for hydroxylation is 2. The van der Waals surface area contributed by atoms with Crippen LogP contribution in [0.15, 0.2) is 78.9 Å². The van der Waals surface area contributed by atoms with Gasteiger partial charge in [0.25, 0.3) is 0 Å². The topological polar surface area (TPSA) is 41.1 Å². The first-order valence-corrected chi connectivity index (χ1v) is 8.47. The Balaban J connectivity index is 1.64. The lowest BCUT2D eigenvalue weighted by Gasteiger charge is -2.13. The lowest BCUT2D eigenvalue weighted by molar-refractivity contribution is -0.116. The molecule has 0 saturated carbocycles. The molecule has 0 radical (unpaired) electrons. The minimum absolute atomic E-state index is 0.0157. The Kier molecular flexibility index (Phi) is 5.47. The molecule has 0 bridgehead atoms. The Labute approximate surface area is 148 Å². The van der Waals surface area contributed by atoms with Gasteiger partial charge in [-0.15, -0.1) is 0 Å². The molecule has 0 heterocycles. The number of hydrogen-bond acceptors (Lipinski definition) is 2. The molecule has 3 rings (SSSR count). The molecule has 3 heteroatoms. The summed E-state index contributed by atoms with van der Waals surface area (Å²) in [7, 11) is 0. The zero-order chi connectivity index (χ0) is 17.5. The van der Waals surface area contributed by atoms with E-state index in [0.29, 0.717) is 6.42 Å². The van der Waals surface area contributed by atoms with Crippen molar-refractivity contribution >= 4 is 23.0 Å². The number of nitrogens with one attached hydrogen (secondary N) is 2. The highest BCUT2D eigenvalue weighted by molar-refractivity contribution is 5.94. The zero-order valence-corrected chi connectivity index (χ0v) is 14.3. The van der Waals surface area contributed by atoms with Crippen molar-refractivity contribution in [2.24, 2.45) is 0 Å². The first kappa shape index (κ1) is 16.8. The molecule has 0 unspecified atom stereocenters. The normalized spacial score (nSPS) is 10.3. The van der Waals surface area contributed by atoms with Gasteiger partial charge in [-0.25, -0.2) is 0 Å². The number of carbonyl (C=O) groups is 1. The number of hydrogen-bond donors (Lipinski definition) is 2. The van der Waals surface area contributed by atoms with Crippen molar-refractivity contribution < 1.29 is 4.79 Å². The van der Waals surface area contributed by atoms with Gasteiger partial charge in [-0.3, -0.25) is 4.79 Å². The standard InChI is InChI=1S/C22H22N2O/c1-17-11-14-19(15-12-17)23-20-9-5-6-10-21(20)24-22(25)16-13-18-7-3-2-4-8-18/h2-12,14-15,23H,13,16H2,1H3,(H,24,25). The van der Waals surface area contributed by atoms with Crippen molar-refractivity contribution in [2.45, 2.75) is 19.8 Å². The van der Waals surface area contributed by atoms with Crippen LogP contribution in [-0.2, 0) is 11.2 Å². The van der Waals surface area contributed by atoms with E-state index in [1.54, 1.807) is 0 Å². The van der Waals surface area contributed by atoms with Crippen LogP contribution in [-0.4, -0.2) is 5.91 Å². The van der Waals surface area contributed by atoms with Gasteiger partial charge in [-0.05, 0) is 43.2 Å². The fourth-order valence-electron chi connectivity index (χ4n) is 2.61. The Morgan fingerprint density at radius 2 is 1.44 bits per heavy atom. The van der Waals surface area contributed by atoms with Crippen LogP contribution in [0.2, 0.25) is 0 Å². The molecule has 0 aliphatic rings. The third kappa shape index (κ3) is 4.95. The lowest BCUT2D eigenvalue weighted by Crippen LogP contribution is -2.13. The van der Waals surface area contributed by atoms with E-state index in [4.69, 9.17) is 0 Å². The van der Waals surface area contributed by atoms with E-state index in [2.05, 4.69) is 29.7 Å². The van der Waals surface area contributed by atoms with E-state index < -0.39 is 0 Å². The van der Waals surface area contributed by atoms with E-state index in [-0.39, 0.29) is 5.91 Å². The van der Waals surface area contributed by atoms with Gasteiger partial charge in [0.15, 0.2) is 0 Å². The van der Waals surface area contributed by atoms with E-state index in [1.807, 2.05) is 66.7 Å². The predicted molar refractivity (Wildman–Crippen MR) is 104 cm³/mol. The van der Waals surface area contributed by atoms with Crippen LogP contribution in [0, 0.1) is 6.92 Å². The summed E-state index contributed by atoms with van der Waals surface area (Å²) < 4.78 is 0. The molecule has 0 atom stereocenters. The number of benzene rings is 3. The van der Waals surface area contributed by atoms with Crippen molar-refractivity contribution in [1.29, 1.82) is 0 Å². The molecule has 3 nitrogen and oxygen atoms in total. The highest BCUT2D eigenvalue weighted by Crippen LogP contribution is 2.25. The first-order valence-electron chi connectivity index (χ1n) is 8.47.